The first-order valence-corrected chi connectivity index (χ1v) is 9.65. The molecule has 0 spiro atoms. The number of carbonyl (C=O) groups is 1. The molecule has 4 nitrogen and oxygen atoms in total. The zero-order valence-corrected chi connectivity index (χ0v) is 15.7. The Balaban J connectivity index is 1.75. The fourth-order valence-electron chi connectivity index (χ4n) is 4.33. The Labute approximate surface area is 159 Å². The lowest BCUT2D eigenvalue weighted by molar-refractivity contribution is -0.127. The third kappa shape index (κ3) is 3.10. The highest BCUT2D eigenvalue weighted by Crippen LogP contribution is 2.41. The maximum atomic E-state index is 13.9. The molecule has 4 rings (SSSR count). The topological polar surface area (TPSA) is 32.8 Å². The average Bonchev–Trinajstić information content (AvgIpc) is 2.73. The number of amides is 1. The van der Waals surface area contributed by atoms with Crippen molar-refractivity contribution < 1.29 is 13.9 Å². The molecule has 0 atom stereocenters. The summed E-state index contributed by atoms with van der Waals surface area (Å²) in [5.41, 5.74) is 2.28. The van der Waals surface area contributed by atoms with Crippen molar-refractivity contribution in [1.82, 2.24) is 0 Å². The molecule has 2 aromatic rings. The van der Waals surface area contributed by atoms with Crippen LogP contribution >= 0.6 is 0 Å². The van der Waals surface area contributed by atoms with E-state index in [-0.39, 0.29) is 11.7 Å². The first-order valence-electron chi connectivity index (χ1n) is 9.65. The molecule has 2 aromatic carbocycles. The number of carbonyl (C=O) groups excluding carboxylic acids is 1. The molecule has 0 bridgehead atoms. The van der Waals surface area contributed by atoms with Gasteiger partial charge in [-0.25, -0.2) is 4.39 Å². The predicted octanol–water partition coefficient (Wildman–Crippen LogP) is 3.75. The Kier molecular flexibility index (Phi) is 4.87. The van der Waals surface area contributed by atoms with E-state index in [1.54, 1.807) is 12.1 Å². The summed E-state index contributed by atoms with van der Waals surface area (Å²) in [6, 6.07) is 14.5. The number of benzene rings is 2. The molecule has 1 fully saturated rings. The SMILES string of the molecule is CCN1CCN(C(=O)C2(c3ccc(F)cc3)CCOCC2)c2ccccc21. The van der Waals surface area contributed by atoms with Gasteiger partial charge in [0.05, 0.1) is 16.8 Å². The van der Waals surface area contributed by atoms with E-state index in [1.165, 1.54) is 12.1 Å². The molecule has 27 heavy (non-hydrogen) atoms. The minimum Gasteiger partial charge on any atom is -0.381 e. The lowest BCUT2D eigenvalue weighted by Gasteiger charge is -2.44. The molecule has 2 heterocycles. The Morgan fingerprint density at radius 1 is 1.04 bits per heavy atom. The van der Waals surface area contributed by atoms with Crippen LogP contribution in [0.3, 0.4) is 0 Å². The van der Waals surface area contributed by atoms with E-state index in [0.29, 0.717) is 32.6 Å². The first-order chi connectivity index (χ1) is 13.2. The quantitative estimate of drug-likeness (QED) is 0.827. The van der Waals surface area contributed by atoms with Crippen molar-refractivity contribution >= 4 is 17.3 Å². The maximum absolute atomic E-state index is 13.9. The summed E-state index contributed by atoms with van der Waals surface area (Å²) >= 11 is 0. The number of ether oxygens (including phenoxy) is 1. The number of fused-ring (bicyclic) bond motifs is 1. The van der Waals surface area contributed by atoms with Crippen molar-refractivity contribution in [3.05, 3.63) is 59.9 Å². The van der Waals surface area contributed by atoms with Gasteiger partial charge in [-0.1, -0.05) is 24.3 Å². The van der Waals surface area contributed by atoms with E-state index >= 15 is 0 Å². The molecule has 0 saturated carbocycles. The van der Waals surface area contributed by atoms with Gasteiger partial charge in [-0.05, 0) is 49.6 Å². The molecular formula is C22H25FN2O2. The van der Waals surface area contributed by atoms with Gasteiger partial charge >= 0.3 is 0 Å². The van der Waals surface area contributed by atoms with Crippen molar-refractivity contribution in [3.63, 3.8) is 0 Å². The van der Waals surface area contributed by atoms with Crippen LogP contribution in [0.5, 0.6) is 0 Å². The third-order valence-electron chi connectivity index (χ3n) is 5.89. The number of anilines is 2. The number of hydrogen-bond acceptors (Lipinski definition) is 3. The molecule has 1 saturated heterocycles. The molecule has 1 amide bonds. The van der Waals surface area contributed by atoms with Gasteiger partial charge in [0, 0.05) is 32.8 Å². The van der Waals surface area contributed by atoms with Crippen LogP contribution in [0.4, 0.5) is 15.8 Å². The fraction of sp³-hybridized carbons (Fsp3) is 0.409. The number of nitrogens with zero attached hydrogens (tertiary/aromatic N) is 2. The summed E-state index contributed by atoms with van der Waals surface area (Å²) in [4.78, 5) is 18.1. The van der Waals surface area contributed by atoms with Crippen LogP contribution in [-0.2, 0) is 14.9 Å². The van der Waals surface area contributed by atoms with Crippen LogP contribution in [0.2, 0.25) is 0 Å². The molecule has 0 aromatic heterocycles. The standard InChI is InChI=1S/C22H25FN2O2/c1-2-24-13-14-25(20-6-4-3-5-19(20)24)21(26)22(11-15-27-16-12-22)17-7-9-18(23)10-8-17/h3-10H,2,11-16H2,1H3. The van der Waals surface area contributed by atoms with Crippen LogP contribution < -0.4 is 9.80 Å². The minimum absolute atomic E-state index is 0.0978. The Morgan fingerprint density at radius 2 is 1.70 bits per heavy atom. The van der Waals surface area contributed by atoms with Gasteiger partial charge in [0.1, 0.15) is 5.82 Å². The summed E-state index contributed by atoms with van der Waals surface area (Å²) in [5, 5.41) is 0. The van der Waals surface area contributed by atoms with Crippen molar-refractivity contribution in [2.75, 3.05) is 42.6 Å². The maximum Gasteiger partial charge on any atom is 0.237 e. The van der Waals surface area contributed by atoms with Crippen LogP contribution in [0.25, 0.3) is 0 Å². The molecular weight excluding hydrogens is 343 g/mol. The van der Waals surface area contributed by atoms with E-state index in [0.717, 1.165) is 30.0 Å². The highest BCUT2D eigenvalue weighted by atomic mass is 19.1. The Morgan fingerprint density at radius 3 is 2.37 bits per heavy atom. The molecule has 142 valence electrons. The molecule has 0 N–H and O–H groups in total. The Bertz CT molecular complexity index is 815. The summed E-state index contributed by atoms with van der Waals surface area (Å²) in [7, 11) is 0. The molecule has 2 aliphatic heterocycles. The van der Waals surface area contributed by atoms with Gasteiger partial charge in [-0.3, -0.25) is 4.79 Å². The lowest BCUT2D eigenvalue weighted by atomic mass is 9.72. The summed E-state index contributed by atoms with van der Waals surface area (Å²) in [6.45, 7) is 5.60. The van der Waals surface area contributed by atoms with Gasteiger partial charge in [0.2, 0.25) is 5.91 Å². The summed E-state index contributed by atoms with van der Waals surface area (Å²) < 4.78 is 19.0. The van der Waals surface area contributed by atoms with Crippen LogP contribution in [0.1, 0.15) is 25.3 Å². The van der Waals surface area contributed by atoms with E-state index in [2.05, 4.69) is 17.9 Å². The smallest absolute Gasteiger partial charge is 0.237 e. The number of rotatable bonds is 3. The van der Waals surface area contributed by atoms with E-state index in [4.69, 9.17) is 4.74 Å². The third-order valence-corrected chi connectivity index (χ3v) is 5.89. The van der Waals surface area contributed by atoms with Crippen LogP contribution in [0, 0.1) is 5.82 Å². The van der Waals surface area contributed by atoms with E-state index in [1.807, 2.05) is 23.1 Å². The molecule has 0 unspecified atom stereocenters. The van der Waals surface area contributed by atoms with Gasteiger partial charge < -0.3 is 14.5 Å². The number of para-hydroxylation sites is 2. The minimum atomic E-state index is -0.659. The zero-order chi connectivity index (χ0) is 18.9. The van der Waals surface area contributed by atoms with E-state index < -0.39 is 5.41 Å². The van der Waals surface area contributed by atoms with Gasteiger partial charge in [0.15, 0.2) is 0 Å². The summed E-state index contributed by atoms with van der Waals surface area (Å²) in [5.74, 6) is -0.184. The molecule has 0 aliphatic carbocycles. The number of likely N-dealkylation sites (N-methyl/N-ethyl adjacent to an activating group) is 1. The highest BCUT2D eigenvalue weighted by Gasteiger charge is 2.45. The van der Waals surface area contributed by atoms with Crippen LogP contribution in [-0.4, -0.2) is 38.8 Å². The molecule has 5 heteroatoms. The van der Waals surface area contributed by atoms with Crippen molar-refractivity contribution in [3.8, 4) is 0 Å². The Hall–Kier alpha value is -2.40. The molecule has 2 aliphatic rings. The monoisotopic (exact) mass is 368 g/mol. The van der Waals surface area contributed by atoms with Gasteiger partial charge in [-0.2, -0.15) is 0 Å². The van der Waals surface area contributed by atoms with Crippen molar-refractivity contribution in [2.24, 2.45) is 0 Å². The van der Waals surface area contributed by atoms with Gasteiger partial charge in [-0.15, -0.1) is 0 Å². The second-order valence-electron chi connectivity index (χ2n) is 7.23. The highest BCUT2D eigenvalue weighted by molar-refractivity contribution is 6.04. The van der Waals surface area contributed by atoms with Crippen LogP contribution in [0.15, 0.2) is 48.5 Å². The first kappa shape index (κ1) is 18.0. The number of halogens is 1. The zero-order valence-electron chi connectivity index (χ0n) is 15.7. The van der Waals surface area contributed by atoms with Crippen molar-refractivity contribution in [2.45, 2.75) is 25.2 Å². The summed E-state index contributed by atoms with van der Waals surface area (Å²) in [6.07, 6.45) is 1.24. The van der Waals surface area contributed by atoms with Crippen molar-refractivity contribution in [1.29, 1.82) is 0 Å². The lowest BCUT2D eigenvalue weighted by Crippen LogP contribution is -2.53. The second kappa shape index (κ2) is 7.31. The predicted molar refractivity (Wildman–Crippen MR) is 105 cm³/mol. The molecule has 0 radical (unpaired) electrons. The van der Waals surface area contributed by atoms with Gasteiger partial charge in [0.25, 0.3) is 0 Å². The largest absolute Gasteiger partial charge is 0.381 e. The second-order valence-corrected chi connectivity index (χ2v) is 7.23. The average molecular weight is 368 g/mol. The normalized spacial score (nSPS) is 18.9. The van der Waals surface area contributed by atoms with E-state index in [9.17, 15) is 9.18 Å². The fourth-order valence-corrected chi connectivity index (χ4v) is 4.33. The number of hydrogen-bond donors (Lipinski definition) is 0.